The number of hydrogen-bond acceptors (Lipinski definition) is 6. The molecule has 0 bridgehead atoms. The molecule has 20 heavy (non-hydrogen) atoms. The van der Waals surface area contributed by atoms with Crippen LogP contribution >= 0.6 is 15.9 Å². The Hall–Kier alpha value is -2.22. The zero-order chi connectivity index (χ0) is 14.9. The number of carboxylic acid groups (broad SMARTS) is 1. The number of methoxy groups -OCH3 is 2. The quantitative estimate of drug-likeness (QED) is 0.879. The van der Waals surface area contributed by atoms with Crippen molar-refractivity contribution < 1.29 is 29.0 Å². The van der Waals surface area contributed by atoms with Crippen molar-refractivity contribution >= 4 is 21.9 Å². The van der Waals surface area contributed by atoms with Crippen LogP contribution in [0.3, 0.4) is 0 Å². The highest BCUT2D eigenvalue weighted by Crippen LogP contribution is 2.47. The minimum Gasteiger partial charge on any atom is -0.507 e. The highest BCUT2D eigenvalue weighted by Gasteiger charge is 2.23. The van der Waals surface area contributed by atoms with E-state index in [2.05, 4.69) is 21.1 Å². The molecule has 0 spiro atoms. The van der Waals surface area contributed by atoms with Crippen LogP contribution in [0.1, 0.15) is 10.5 Å². The van der Waals surface area contributed by atoms with Gasteiger partial charge in [0.05, 0.1) is 24.3 Å². The first-order valence-electron chi connectivity index (χ1n) is 5.33. The Balaban J connectivity index is 2.64. The van der Waals surface area contributed by atoms with E-state index in [0.29, 0.717) is 16.0 Å². The van der Waals surface area contributed by atoms with Crippen LogP contribution in [0.2, 0.25) is 0 Å². The molecule has 1 heterocycles. The van der Waals surface area contributed by atoms with Gasteiger partial charge in [-0.25, -0.2) is 4.79 Å². The smallest absolute Gasteiger partial charge is 0.358 e. The first kappa shape index (κ1) is 14.2. The summed E-state index contributed by atoms with van der Waals surface area (Å²) in [6.07, 6.45) is 0. The van der Waals surface area contributed by atoms with E-state index in [1.165, 1.54) is 26.4 Å². The van der Waals surface area contributed by atoms with Crippen LogP contribution in [-0.4, -0.2) is 35.6 Å². The van der Waals surface area contributed by atoms with Gasteiger partial charge in [-0.15, -0.1) is 0 Å². The molecule has 0 unspecified atom stereocenters. The summed E-state index contributed by atoms with van der Waals surface area (Å²) in [6.45, 7) is 0. The lowest BCUT2D eigenvalue weighted by Gasteiger charge is -2.13. The van der Waals surface area contributed by atoms with E-state index in [1.54, 1.807) is 0 Å². The highest BCUT2D eigenvalue weighted by atomic mass is 79.9. The number of nitrogens with zero attached hydrogens (tertiary/aromatic N) is 1. The average Bonchev–Trinajstić information content (AvgIpc) is 2.87. The summed E-state index contributed by atoms with van der Waals surface area (Å²) in [5, 5.41) is 22.2. The van der Waals surface area contributed by atoms with Crippen LogP contribution in [0.5, 0.6) is 17.2 Å². The highest BCUT2D eigenvalue weighted by molar-refractivity contribution is 9.10. The van der Waals surface area contributed by atoms with Crippen molar-refractivity contribution in [2.75, 3.05) is 14.2 Å². The number of halogens is 1. The Morgan fingerprint density at radius 2 is 2.05 bits per heavy atom. The lowest BCUT2D eigenvalue weighted by atomic mass is 10.1. The summed E-state index contributed by atoms with van der Waals surface area (Å²) in [5.74, 6) is -0.640. The molecule has 2 N–H and O–H groups in total. The molecular formula is C12H10BrNO6. The van der Waals surface area contributed by atoms with Gasteiger partial charge >= 0.3 is 5.97 Å². The third-order valence-electron chi connectivity index (χ3n) is 2.57. The van der Waals surface area contributed by atoms with E-state index < -0.39 is 5.97 Å². The molecule has 0 radical (unpaired) electrons. The number of carbonyl (C=O) groups is 1. The zero-order valence-electron chi connectivity index (χ0n) is 10.5. The molecule has 0 fully saturated rings. The SMILES string of the molecule is COc1cc(O)c(-c2cc(C(=O)O)no2)c(Br)c1OC. The standard InChI is InChI=1S/C12H10BrNO6/c1-18-8-4-6(15)9(10(13)11(8)19-2)7-3-5(12(16)17)14-20-7/h3-4,15H,1-2H3,(H,16,17). The number of aromatic nitrogens is 1. The molecule has 2 rings (SSSR count). The Morgan fingerprint density at radius 1 is 1.35 bits per heavy atom. The van der Waals surface area contributed by atoms with Crippen molar-refractivity contribution in [3.05, 3.63) is 22.3 Å². The number of rotatable bonds is 4. The van der Waals surface area contributed by atoms with Gasteiger partial charge in [-0.1, -0.05) is 5.16 Å². The summed E-state index contributed by atoms with van der Waals surface area (Å²) in [6, 6.07) is 2.54. The molecule has 1 aromatic carbocycles. The lowest BCUT2D eigenvalue weighted by molar-refractivity contribution is 0.0686. The third-order valence-corrected chi connectivity index (χ3v) is 3.32. The van der Waals surface area contributed by atoms with Crippen molar-refractivity contribution in [1.82, 2.24) is 5.16 Å². The molecular weight excluding hydrogens is 334 g/mol. The van der Waals surface area contributed by atoms with Gasteiger partial charge in [-0.3, -0.25) is 0 Å². The van der Waals surface area contributed by atoms with Gasteiger partial charge in [-0.2, -0.15) is 0 Å². The summed E-state index contributed by atoms with van der Waals surface area (Å²) in [7, 11) is 2.87. The predicted molar refractivity (Wildman–Crippen MR) is 71.4 cm³/mol. The van der Waals surface area contributed by atoms with Crippen molar-refractivity contribution in [3.63, 3.8) is 0 Å². The summed E-state index contributed by atoms with van der Waals surface area (Å²) in [5.41, 5.74) is -0.0382. The number of benzene rings is 1. The molecule has 2 aromatic rings. The molecule has 1 aromatic heterocycles. The molecule has 0 atom stereocenters. The Bertz CT molecular complexity index is 666. The first-order valence-corrected chi connectivity index (χ1v) is 6.12. The number of aromatic hydroxyl groups is 1. The molecule has 8 heteroatoms. The molecule has 7 nitrogen and oxygen atoms in total. The number of carboxylic acids is 1. The van der Waals surface area contributed by atoms with Gasteiger partial charge in [0.25, 0.3) is 0 Å². The van der Waals surface area contributed by atoms with E-state index in [4.69, 9.17) is 19.1 Å². The Labute approximate surface area is 121 Å². The minimum absolute atomic E-state index is 0.0905. The second-order valence-electron chi connectivity index (χ2n) is 3.70. The summed E-state index contributed by atoms with van der Waals surface area (Å²) >= 11 is 3.27. The van der Waals surface area contributed by atoms with Crippen molar-refractivity contribution in [2.24, 2.45) is 0 Å². The fraction of sp³-hybridized carbons (Fsp3) is 0.167. The van der Waals surface area contributed by atoms with E-state index in [0.717, 1.165) is 0 Å². The van der Waals surface area contributed by atoms with Gasteiger partial charge in [-0.05, 0) is 15.9 Å². The van der Waals surface area contributed by atoms with Crippen LogP contribution in [0, 0.1) is 0 Å². The van der Waals surface area contributed by atoms with Crippen molar-refractivity contribution in [2.45, 2.75) is 0 Å². The van der Waals surface area contributed by atoms with Crippen molar-refractivity contribution in [1.29, 1.82) is 0 Å². The molecule has 0 aliphatic rings. The number of hydrogen-bond donors (Lipinski definition) is 2. The maximum atomic E-state index is 10.8. The Kier molecular flexibility index (Phi) is 3.84. The fourth-order valence-electron chi connectivity index (χ4n) is 1.67. The maximum absolute atomic E-state index is 10.8. The molecule has 0 saturated carbocycles. The van der Waals surface area contributed by atoms with Gasteiger partial charge < -0.3 is 24.2 Å². The fourth-order valence-corrected chi connectivity index (χ4v) is 2.42. The third kappa shape index (κ3) is 2.29. The molecule has 0 saturated heterocycles. The van der Waals surface area contributed by atoms with E-state index in [-0.39, 0.29) is 22.8 Å². The van der Waals surface area contributed by atoms with Crippen LogP contribution in [-0.2, 0) is 0 Å². The molecule has 0 amide bonds. The topological polar surface area (TPSA) is 102 Å². The molecule has 106 valence electrons. The monoisotopic (exact) mass is 343 g/mol. The molecule has 0 aliphatic heterocycles. The second-order valence-corrected chi connectivity index (χ2v) is 4.49. The largest absolute Gasteiger partial charge is 0.507 e. The first-order chi connectivity index (χ1) is 9.49. The maximum Gasteiger partial charge on any atom is 0.358 e. The van der Waals surface area contributed by atoms with Gasteiger partial charge in [0.2, 0.25) is 0 Å². The van der Waals surface area contributed by atoms with Crippen molar-refractivity contribution in [3.8, 4) is 28.6 Å². The van der Waals surface area contributed by atoms with Gasteiger partial charge in [0.15, 0.2) is 23.0 Å². The van der Waals surface area contributed by atoms with Crippen LogP contribution in [0.15, 0.2) is 21.1 Å². The number of ether oxygens (including phenoxy) is 2. The lowest BCUT2D eigenvalue weighted by Crippen LogP contribution is -1.95. The van der Waals surface area contributed by atoms with E-state index in [9.17, 15) is 9.90 Å². The normalized spacial score (nSPS) is 10.3. The number of aromatic carboxylic acids is 1. The van der Waals surface area contributed by atoms with E-state index >= 15 is 0 Å². The van der Waals surface area contributed by atoms with Gasteiger partial charge in [0.1, 0.15) is 5.75 Å². The number of phenols is 1. The predicted octanol–water partition coefficient (Wildman–Crippen LogP) is 2.53. The van der Waals surface area contributed by atoms with E-state index in [1.807, 2.05) is 0 Å². The van der Waals surface area contributed by atoms with Crippen LogP contribution in [0.25, 0.3) is 11.3 Å². The summed E-state index contributed by atoms with van der Waals surface area (Å²) in [4.78, 5) is 10.8. The van der Waals surface area contributed by atoms with Crippen LogP contribution < -0.4 is 9.47 Å². The number of phenolic OH excluding ortho intramolecular Hbond substituents is 1. The minimum atomic E-state index is -1.23. The zero-order valence-corrected chi connectivity index (χ0v) is 12.1. The Morgan fingerprint density at radius 3 is 2.55 bits per heavy atom. The summed E-state index contributed by atoms with van der Waals surface area (Å²) < 4.78 is 15.5. The van der Waals surface area contributed by atoms with Crippen LogP contribution in [0.4, 0.5) is 0 Å². The molecule has 0 aliphatic carbocycles. The second kappa shape index (κ2) is 5.41. The average molecular weight is 344 g/mol. The van der Waals surface area contributed by atoms with Gasteiger partial charge in [0, 0.05) is 12.1 Å².